The summed E-state index contributed by atoms with van der Waals surface area (Å²) in [5.74, 6) is -16.4. The van der Waals surface area contributed by atoms with Crippen molar-refractivity contribution in [2.75, 3.05) is 59.3 Å². The number of nitrogens with one attached hydrogen (secondary N) is 10. The summed E-state index contributed by atoms with van der Waals surface area (Å²) in [7, 11) is 5.15. The summed E-state index contributed by atoms with van der Waals surface area (Å²) in [6.07, 6.45) is 0.405. The van der Waals surface area contributed by atoms with Gasteiger partial charge in [-0.15, -0.1) is 11.8 Å². The molecule has 15 N–H and O–H groups in total. The number of thioether (sulfide) groups is 1. The fourth-order valence-corrected chi connectivity index (χ4v) is 14.2. The van der Waals surface area contributed by atoms with Crippen LogP contribution in [0.3, 0.4) is 0 Å². The van der Waals surface area contributed by atoms with Gasteiger partial charge in [-0.3, -0.25) is 71.9 Å². The van der Waals surface area contributed by atoms with E-state index in [4.69, 9.17) is 5.73 Å². The third-order valence-corrected chi connectivity index (χ3v) is 20.7. The summed E-state index contributed by atoms with van der Waals surface area (Å²) >= 11 is 0.833. The number of unbranched alkanes of at least 4 members (excludes halogenated alkanes) is 1. The molecule has 5 aromatic carbocycles. The van der Waals surface area contributed by atoms with Gasteiger partial charge in [0.2, 0.25) is 82.7 Å². The second-order valence-electron chi connectivity index (χ2n) is 29.9. The number of amides is 14. The molecular weight excluding hydrogens is 1530 g/mol. The second kappa shape index (κ2) is 44.5. The SMILES string of the molecule is CCCCC1C(=O)N(C)CC(=O)NC(CC(=O)O)C(=O)NC(C(C)C)C(=O)N(C)C(Cc2ccccc2)C(=O)NC(Cc2ccc(O)cc2)C(=O)N(C)CC(=O)NC(Cc2c[nH]c3ccccc23)C(=O)NC(Cc2ccc(O)cc2)C(=O)NC(CC(C)C)C(=O)NC(C(=O)NCC(N)=O)CSCC(=O)NC(Cc2ccccc2)C(=O)N1C. The lowest BCUT2D eigenvalue weighted by atomic mass is 9.98. The highest BCUT2D eigenvalue weighted by atomic mass is 32.2. The Morgan fingerprint density at radius 2 is 0.974 bits per heavy atom. The van der Waals surface area contributed by atoms with E-state index in [1.54, 1.807) is 119 Å². The zero-order chi connectivity index (χ0) is 85.7. The Balaban J connectivity index is 1.32. The molecule has 117 heavy (non-hydrogen) atoms. The molecule has 1 aliphatic heterocycles. The number of nitrogens with two attached hydrogens (primary N) is 1. The van der Waals surface area contributed by atoms with E-state index in [-0.39, 0.29) is 68.1 Å². The molecule has 0 aliphatic carbocycles. The number of carboxylic acids is 1. The number of rotatable bonds is 21. The summed E-state index contributed by atoms with van der Waals surface area (Å²) in [4.78, 5) is 224. The Labute approximate surface area is 682 Å². The number of aromatic amines is 1. The fourth-order valence-electron chi connectivity index (χ4n) is 13.3. The highest BCUT2D eigenvalue weighted by molar-refractivity contribution is 8.00. The molecule has 1 fully saturated rings. The van der Waals surface area contributed by atoms with E-state index < -0.39 is 187 Å². The molecule has 33 nitrogen and oxygen atoms in total. The lowest BCUT2D eigenvalue weighted by Crippen LogP contribution is -2.61. The largest absolute Gasteiger partial charge is 0.508 e. The second-order valence-corrected chi connectivity index (χ2v) is 30.9. The molecule has 10 unspecified atom stereocenters. The minimum atomic E-state index is -1.88. The average molecular weight is 1630 g/mol. The van der Waals surface area contributed by atoms with E-state index in [9.17, 15) is 63.3 Å². The highest BCUT2D eigenvalue weighted by Crippen LogP contribution is 2.23. The molecule has 1 saturated heterocycles. The van der Waals surface area contributed by atoms with Crippen LogP contribution in [0.15, 0.2) is 140 Å². The number of benzene rings is 5. The first-order chi connectivity index (χ1) is 55.6. The summed E-state index contributed by atoms with van der Waals surface area (Å²) in [5, 5.41) is 55.2. The van der Waals surface area contributed by atoms with Gasteiger partial charge in [-0.2, -0.15) is 0 Å². The van der Waals surface area contributed by atoms with Crippen molar-refractivity contribution < 1.29 is 87.2 Å². The molecule has 10 atom stereocenters. The third-order valence-electron chi connectivity index (χ3n) is 19.7. The Kier molecular flexibility index (Phi) is 34.9. The number of H-pyrrole nitrogens is 1. The standard InChI is InChI=1S/C83H107N15O18S/c1-10-11-26-66-82(115)96(7)45-70(103)88-62(41-72(105)106)78(111)94-73(49(4)5)83(116)98(9)67(39-51-22-16-13-17-23-51)79(112)92-63(38-53-29-33-56(100)34-30-53)80(113)95(6)44-69(102)87-61(40-54-42-85-58-25-19-18-24-57(54)58)77(110)91-60(36-52-27-31-55(99)32-28-52)76(109)90-59(35-48(2)3)75(108)93-65(74(107)86-43-68(84)101)46-117-47-71(104)89-64(81(114)97(66)8)37-50-20-14-12-15-21-50/h12-25,27-34,42,48-49,59-67,73,85,99-100H,10-11,26,35-41,43-47H2,1-9H3,(H2,84,101)(H,86,107)(H,87,102)(H,88,103)(H,89,104)(H,90,109)(H,91,110)(H,92,112)(H,93,108)(H,94,111)(H,105,106). The number of hydrogen-bond donors (Lipinski definition) is 14. The predicted octanol–water partition coefficient (Wildman–Crippen LogP) is 1.26. The minimum Gasteiger partial charge on any atom is -0.508 e. The van der Waals surface area contributed by atoms with E-state index in [0.29, 0.717) is 51.6 Å². The van der Waals surface area contributed by atoms with Crippen molar-refractivity contribution in [2.24, 2.45) is 17.6 Å². The molecule has 0 saturated carbocycles. The molecule has 6 aromatic rings. The van der Waals surface area contributed by atoms with Gasteiger partial charge in [-0.1, -0.05) is 151 Å². The van der Waals surface area contributed by atoms with E-state index in [1.165, 1.54) is 76.7 Å². The van der Waals surface area contributed by atoms with Crippen molar-refractivity contribution in [3.63, 3.8) is 0 Å². The maximum Gasteiger partial charge on any atom is 0.305 e. The normalized spacial score (nSPS) is 22.0. The van der Waals surface area contributed by atoms with Crippen LogP contribution < -0.4 is 53.6 Å². The number of carboxylic acid groups (broad SMARTS) is 1. The van der Waals surface area contributed by atoms with Gasteiger partial charge in [0.05, 0.1) is 31.8 Å². The molecule has 2 heterocycles. The quantitative estimate of drug-likeness (QED) is 0.0482. The Morgan fingerprint density at radius 1 is 0.504 bits per heavy atom. The van der Waals surface area contributed by atoms with Gasteiger partial charge in [0.25, 0.3) is 0 Å². The molecule has 14 amide bonds. The van der Waals surface area contributed by atoms with Crippen molar-refractivity contribution in [3.05, 3.63) is 167 Å². The molecule has 1 aromatic heterocycles. The Morgan fingerprint density at radius 3 is 1.53 bits per heavy atom. The van der Waals surface area contributed by atoms with Gasteiger partial charge in [-0.25, -0.2) is 0 Å². The van der Waals surface area contributed by atoms with E-state index in [2.05, 4.69) is 52.8 Å². The molecule has 0 bridgehead atoms. The number of phenols is 2. The van der Waals surface area contributed by atoms with Gasteiger partial charge in [0.1, 0.15) is 71.9 Å². The van der Waals surface area contributed by atoms with Gasteiger partial charge >= 0.3 is 5.97 Å². The maximum absolute atomic E-state index is 15.3. The number of carbonyl (C=O) groups excluding carboxylic acids is 14. The smallest absolute Gasteiger partial charge is 0.305 e. The number of nitrogens with zero attached hydrogens (tertiary/aromatic N) is 4. The van der Waals surface area contributed by atoms with E-state index in [0.717, 1.165) is 31.4 Å². The molecular formula is C83H107N15O18S. The van der Waals surface area contributed by atoms with Crippen LogP contribution in [0.2, 0.25) is 0 Å². The molecule has 0 spiro atoms. The lowest BCUT2D eigenvalue weighted by molar-refractivity contribution is -0.147. The van der Waals surface area contributed by atoms with Crippen molar-refractivity contribution in [1.82, 2.24) is 72.4 Å². The number of fused-ring (bicyclic) bond motifs is 1. The van der Waals surface area contributed by atoms with Gasteiger partial charge in [0, 0.05) is 83.1 Å². The number of likely N-dealkylation sites (N-methyl/N-ethyl adjacent to an activating group) is 4. The van der Waals surface area contributed by atoms with Crippen molar-refractivity contribution in [2.45, 2.75) is 159 Å². The van der Waals surface area contributed by atoms with Gasteiger partial charge in [0.15, 0.2) is 0 Å². The predicted molar refractivity (Wildman–Crippen MR) is 435 cm³/mol. The first-order valence-corrected chi connectivity index (χ1v) is 39.7. The van der Waals surface area contributed by atoms with Gasteiger partial charge < -0.3 is 93.5 Å². The highest BCUT2D eigenvalue weighted by Gasteiger charge is 2.41. The number of aliphatic carboxylic acids is 1. The molecule has 628 valence electrons. The first-order valence-electron chi connectivity index (χ1n) is 38.6. The van der Waals surface area contributed by atoms with Crippen molar-refractivity contribution in [1.29, 1.82) is 0 Å². The summed E-state index contributed by atoms with van der Waals surface area (Å²) in [6.45, 7) is 6.23. The average Bonchev–Trinajstić information content (AvgIpc) is 1.51. The maximum atomic E-state index is 15.3. The van der Waals surface area contributed by atoms with Crippen LogP contribution in [0.1, 0.15) is 94.5 Å². The number of aromatic hydroxyl groups is 2. The van der Waals surface area contributed by atoms with E-state index >= 15 is 24.0 Å². The van der Waals surface area contributed by atoms with Gasteiger partial charge in [-0.05, 0) is 82.8 Å². The fraction of sp³-hybridized carbons (Fsp3) is 0.434. The number of para-hydroxylation sites is 1. The van der Waals surface area contributed by atoms with Crippen LogP contribution in [0.4, 0.5) is 0 Å². The number of carbonyl (C=O) groups is 15. The van der Waals surface area contributed by atoms with Crippen LogP contribution >= 0.6 is 11.8 Å². The molecule has 1 aliphatic rings. The summed E-state index contributed by atoms with van der Waals surface area (Å²) < 4.78 is 0. The van der Waals surface area contributed by atoms with E-state index in [1.807, 2.05) is 6.92 Å². The van der Waals surface area contributed by atoms with Crippen LogP contribution in [-0.4, -0.2) is 248 Å². The lowest BCUT2D eigenvalue weighted by Gasteiger charge is -2.34. The minimum absolute atomic E-state index is 0.0508. The van der Waals surface area contributed by atoms with Crippen molar-refractivity contribution >= 4 is 111 Å². The van der Waals surface area contributed by atoms with Crippen LogP contribution in [0.25, 0.3) is 10.9 Å². The molecule has 0 radical (unpaired) electrons. The third kappa shape index (κ3) is 28.3. The monoisotopic (exact) mass is 1630 g/mol. The van der Waals surface area contributed by atoms with Crippen LogP contribution in [0.5, 0.6) is 11.5 Å². The molecule has 7 rings (SSSR count). The first kappa shape index (κ1) is 91.8. The van der Waals surface area contributed by atoms with Crippen LogP contribution in [0, 0.1) is 11.8 Å². The number of hydrogen-bond acceptors (Lipinski definition) is 18. The Bertz CT molecular complexity index is 4470. The number of primary amides is 1. The summed E-state index contributed by atoms with van der Waals surface area (Å²) in [6, 6.07) is 20.3. The topological polar surface area (TPSA) is 480 Å². The Hall–Kier alpha value is -12.4. The molecule has 34 heteroatoms. The number of phenolic OH excluding ortho intramolecular Hbond substituents is 2. The van der Waals surface area contributed by atoms with Crippen molar-refractivity contribution in [3.8, 4) is 11.5 Å². The van der Waals surface area contributed by atoms with Crippen LogP contribution in [-0.2, 0) is 104 Å². The zero-order valence-electron chi connectivity index (χ0n) is 67.1. The number of aromatic nitrogens is 1. The summed E-state index contributed by atoms with van der Waals surface area (Å²) in [5.41, 5.74) is 8.55. The zero-order valence-corrected chi connectivity index (χ0v) is 67.9.